The van der Waals surface area contributed by atoms with Crippen LogP contribution in [-0.2, 0) is 4.74 Å². The average Bonchev–Trinajstić information content (AvgIpc) is 2.59. The molecule has 0 aromatic heterocycles. The Hall–Kier alpha value is -2.36. The highest BCUT2D eigenvalue weighted by atomic mass is 16.6. The van der Waals surface area contributed by atoms with Gasteiger partial charge in [-0.25, -0.2) is 0 Å². The molecule has 1 atom stereocenters. The van der Waals surface area contributed by atoms with Gasteiger partial charge in [0.05, 0.1) is 5.69 Å². The zero-order chi connectivity index (χ0) is 16.1. The Morgan fingerprint density at radius 2 is 1.86 bits per heavy atom. The highest BCUT2D eigenvalue weighted by molar-refractivity contribution is 5.88. The monoisotopic (exact) mass is 295 g/mol. The Balaban J connectivity index is 2.56. The van der Waals surface area contributed by atoms with E-state index in [1.54, 1.807) is 18.0 Å². The fraction of sp³-hybridized carbons (Fsp3) is 0.158. The fourth-order valence-corrected chi connectivity index (χ4v) is 2.43. The number of aliphatic hydroxyl groups excluding tert-OH is 1. The van der Waals surface area contributed by atoms with E-state index < -0.39 is 6.41 Å². The molecule has 0 saturated carbocycles. The number of rotatable bonds is 6. The van der Waals surface area contributed by atoms with Crippen LogP contribution >= 0.6 is 0 Å². The van der Waals surface area contributed by atoms with Gasteiger partial charge in [0.15, 0.2) is 0 Å². The summed E-state index contributed by atoms with van der Waals surface area (Å²) < 4.78 is 5.02. The van der Waals surface area contributed by atoms with Gasteiger partial charge in [-0.2, -0.15) is 0 Å². The summed E-state index contributed by atoms with van der Waals surface area (Å²) in [6.07, 6.45) is 0.721. The standard InChI is InChI=1S/C19H21NO2/c1-5-15-12-9-13-17(18(15)20(3)19(21)22-4)14(2)16-10-7-6-8-11-16/h5-13,19,21H,1-2H2,3-4H3. The molecule has 3 nitrogen and oxygen atoms in total. The first-order valence-corrected chi connectivity index (χ1v) is 7.04. The van der Waals surface area contributed by atoms with Crippen LogP contribution in [0.15, 0.2) is 61.7 Å². The van der Waals surface area contributed by atoms with Crippen LogP contribution in [0.5, 0.6) is 0 Å². The number of hydrogen-bond acceptors (Lipinski definition) is 3. The molecular weight excluding hydrogens is 274 g/mol. The van der Waals surface area contributed by atoms with Crippen molar-refractivity contribution in [1.29, 1.82) is 0 Å². The number of nitrogens with zero attached hydrogens (tertiary/aromatic N) is 1. The van der Waals surface area contributed by atoms with Crippen molar-refractivity contribution in [2.24, 2.45) is 0 Å². The third-order valence-electron chi connectivity index (χ3n) is 3.63. The second-order valence-electron chi connectivity index (χ2n) is 4.97. The summed E-state index contributed by atoms with van der Waals surface area (Å²) in [5, 5.41) is 10.0. The maximum atomic E-state index is 10.0. The molecule has 2 aromatic rings. The molecule has 22 heavy (non-hydrogen) atoms. The summed E-state index contributed by atoms with van der Waals surface area (Å²) in [4.78, 5) is 1.67. The summed E-state index contributed by atoms with van der Waals surface area (Å²) in [5.41, 5.74) is 4.59. The molecule has 2 rings (SSSR count). The predicted octanol–water partition coefficient (Wildman–Crippen LogP) is 3.75. The van der Waals surface area contributed by atoms with Gasteiger partial charge in [0.1, 0.15) is 0 Å². The number of aliphatic hydroxyl groups is 1. The summed E-state index contributed by atoms with van der Waals surface area (Å²) in [6.45, 7) is 8.07. The van der Waals surface area contributed by atoms with Crippen molar-refractivity contribution in [3.63, 3.8) is 0 Å². The smallest absolute Gasteiger partial charge is 0.237 e. The van der Waals surface area contributed by atoms with E-state index in [0.29, 0.717) is 0 Å². The van der Waals surface area contributed by atoms with E-state index in [0.717, 1.165) is 28.0 Å². The minimum atomic E-state index is -1.04. The van der Waals surface area contributed by atoms with Crippen molar-refractivity contribution in [3.8, 4) is 0 Å². The van der Waals surface area contributed by atoms with E-state index in [9.17, 15) is 5.11 Å². The molecule has 114 valence electrons. The Morgan fingerprint density at radius 3 is 2.45 bits per heavy atom. The molecule has 0 fully saturated rings. The Kier molecular flexibility index (Phi) is 5.15. The minimum Gasteiger partial charge on any atom is -0.351 e. The normalized spacial score (nSPS) is 11.8. The molecule has 2 aromatic carbocycles. The highest BCUT2D eigenvalue weighted by Crippen LogP contribution is 2.34. The van der Waals surface area contributed by atoms with E-state index in [2.05, 4.69) is 13.2 Å². The van der Waals surface area contributed by atoms with E-state index >= 15 is 0 Å². The van der Waals surface area contributed by atoms with Gasteiger partial charge in [0.2, 0.25) is 6.41 Å². The van der Waals surface area contributed by atoms with Gasteiger partial charge < -0.3 is 14.7 Å². The molecule has 0 spiro atoms. The number of methoxy groups -OCH3 is 1. The third-order valence-corrected chi connectivity index (χ3v) is 3.63. The molecule has 1 unspecified atom stereocenters. The first-order valence-electron chi connectivity index (χ1n) is 7.04. The average molecular weight is 295 g/mol. The molecule has 0 aliphatic carbocycles. The maximum Gasteiger partial charge on any atom is 0.237 e. The van der Waals surface area contributed by atoms with Crippen molar-refractivity contribution >= 4 is 17.3 Å². The number of benzene rings is 2. The van der Waals surface area contributed by atoms with Crippen LogP contribution in [0, 0.1) is 0 Å². The van der Waals surface area contributed by atoms with Gasteiger partial charge in [0, 0.05) is 19.7 Å². The largest absolute Gasteiger partial charge is 0.351 e. The highest BCUT2D eigenvalue weighted by Gasteiger charge is 2.19. The molecule has 0 saturated heterocycles. The lowest BCUT2D eigenvalue weighted by atomic mass is 9.95. The van der Waals surface area contributed by atoms with Gasteiger partial charge in [-0.3, -0.25) is 0 Å². The quantitative estimate of drug-likeness (QED) is 0.824. The molecule has 0 aliphatic rings. The first kappa shape index (κ1) is 16.0. The van der Waals surface area contributed by atoms with Crippen molar-refractivity contribution in [1.82, 2.24) is 0 Å². The van der Waals surface area contributed by atoms with Crippen molar-refractivity contribution < 1.29 is 9.84 Å². The zero-order valence-corrected chi connectivity index (χ0v) is 13.0. The van der Waals surface area contributed by atoms with E-state index in [1.807, 2.05) is 48.5 Å². The van der Waals surface area contributed by atoms with E-state index in [4.69, 9.17) is 4.74 Å². The van der Waals surface area contributed by atoms with Crippen molar-refractivity contribution in [3.05, 3.63) is 78.4 Å². The van der Waals surface area contributed by atoms with Crippen LogP contribution in [0.4, 0.5) is 5.69 Å². The Morgan fingerprint density at radius 1 is 1.18 bits per heavy atom. The Bertz CT molecular complexity index is 664. The van der Waals surface area contributed by atoms with Gasteiger partial charge in [0.25, 0.3) is 0 Å². The second-order valence-corrected chi connectivity index (χ2v) is 4.97. The lowest BCUT2D eigenvalue weighted by molar-refractivity contribution is -0.0710. The summed E-state index contributed by atoms with van der Waals surface area (Å²) in [7, 11) is 3.24. The first-order chi connectivity index (χ1) is 10.6. The molecule has 0 radical (unpaired) electrons. The lowest BCUT2D eigenvalue weighted by Gasteiger charge is -2.28. The van der Waals surface area contributed by atoms with E-state index in [1.165, 1.54) is 7.11 Å². The second kappa shape index (κ2) is 7.07. The molecule has 0 heterocycles. The van der Waals surface area contributed by atoms with Crippen LogP contribution < -0.4 is 4.90 Å². The molecule has 0 amide bonds. The van der Waals surface area contributed by atoms with Crippen LogP contribution in [0.3, 0.4) is 0 Å². The SMILES string of the molecule is C=Cc1cccc(C(=C)c2ccccc2)c1N(C)C(O)OC. The van der Waals surface area contributed by atoms with Crippen LogP contribution in [0.25, 0.3) is 11.6 Å². The van der Waals surface area contributed by atoms with Crippen LogP contribution in [-0.4, -0.2) is 25.7 Å². The number of para-hydroxylation sites is 1. The summed E-state index contributed by atoms with van der Waals surface area (Å²) in [6, 6.07) is 15.8. The Labute approximate surface area is 131 Å². The third kappa shape index (κ3) is 3.11. The van der Waals surface area contributed by atoms with Gasteiger partial charge in [-0.05, 0) is 16.7 Å². The van der Waals surface area contributed by atoms with Crippen molar-refractivity contribution in [2.45, 2.75) is 6.41 Å². The van der Waals surface area contributed by atoms with E-state index in [-0.39, 0.29) is 0 Å². The topological polar surface area (TPSA) is 32.7 Å². The van der Waals surface area contributed by atoms with Gasteiger partial charge in [-0.15, -0.1) is 0 Å². The van der Waals surface area contributed by atoms with Gasteiger partial charge in [-0.1, -0.05) is 67.8 Å². The van der Waals surface area contributed by atoms with Crippen molar-refractivity contribution in [2.75, 3.05) is 19.1 Å². The van der Waals surface area contributed by atoms with Crippen LogP contribution in [0.1, 0.15) is 16.7 Å². The zero-order valence-electron chi connectivity index (χ0n) is 13.0. The van der Waals surface area contributed by atoms with Crippen LogP contribution in [0.2, 0.25) is 0 Å². The number of ether oxygens (including phenoxy) is 1. The summed E-state index contributed by atoms with van der Waals surface area (Å²) in [5.74, 6) is 0. The molecule has 3 heteroatoms. The summed E-state index contributed by atoms with van der Waals surface area (Å²) >= 11 is 0. The molecule has 1 N–H and O–H groups in total. The number of anilines is 1. The minimum absolute atomic E-state index is 0.834. The predicted molar refractivity (Wildman–Crippen MR) is 92.5 cm³/mol. The molecule has 0 aliphatic heterocycles. The maximum absolute atomic E-state index is 10.0. The van der Waals surface area contributed by atoms with Gasteiger partial charge >= 0.3 is 0 Å². The lowest BCUT2D eigenvalue weighted by Crippen LogP contribution is -2.34. The number of hydrogen-bond donors (Lipinski definition) is 1. The molecule has 0 bridgehead atoms. The molecular formula is C19H21NO2. The fourth-order valence-electron chi connectivity index (χ4n) is 2.43.